The lowest BCUT2D eigenvalue weighted by Gasteiger charge is -2.73. The summed E-state index contributed by atoms with van der Waals surface area (Å²) in [6.45, 7) is 0. The maximum atomic E-state index is 11.9. The Bertz CT molecular complexity index is 1040. The number of benzene rings is 1. The molecule has 0 aromatic heterocycles. The Labute approximate surface area is 194 Å². The van der Waals surface area contributed by atoms with E-state index < -0.39 is 17.5 Å². The Hall–Kier alpha value is -1.88. The predicted octanol–water partition coefficient (Wildman–Crippen LogP) is 5.25. The highest BCUT2D eigenvalue weighted by molar-refractivity contribution is 6.01. The first-order valence-corrected chi connectivity index (χ1v) is 13.0. The topological polar surface area (TPSA) is 94.8 Å². The minimum Gasteiger partial charge on any atom is -0.478 e. The van der Waals surface area contributed by atoms with Crippen LogP contribution in [0, 0.1) is 34.5 Å². The molecule has 0 spiro atoms. The molecule has 4 unspecified atom stereocenters. The summed E-state index contributed by atoms with van der Waals surface area (Å²) in [7, 11) is 0. The Morgan fingerprint density at radius 3 is 1.73 bits per heavy atom. The molecule has 0 aliphatic heterocycles. The number of aliphatic hydroxyl groups is 1. The molecule has 0 radical (unpaired) electrons. The van der Waals surface area contributed by atoms with E-state index in [1.807, 2.05) is 6.07 Å². The van der Waals surface area contributed by atoms with E-state index in [0.29, 0.717) is 23.7 Å². The van der Waals surface area contributed by atoms with Crippen LogP contribution >= 0.6 is 0 Å². The van der Waals surface area contributed by atoms with Gasteiger partial charge in [-0.25, -0.2) is 9.59 Å². The molecule has 8 aliphatic carbocycles. The molecule has 0 heterocycles. The van der Waals surface area contributed by atoms with E-state index in [2.05, 4.69) is 0 Å². The van der Waals surface area contributed by atoms with Crippen LogP contribution in [0.15, 0.2) is 18.2 Å². The summed E-state index contributed by atoms with van der Waals surface area (Å²) in [4.78, 5) is 23.6. The fraction of sp³-hybridized carbons (Fsp3) is 0.714. The molecule has 1 aromatic carbocycles. The van der Waals surface area contributed by atoms with Crippen molar-refractivity contribution in [3.63, 3.8) is 0 Å². The second-order valence-corrected chi connectivity index (χ2v) is 13.4. The standard InChI is InChI=1S/C28H34O5/c29-23(30)21-2-1-20(5-22(21)24(31)32)25-6-16-3-17(7-25)9-26(8-16,14-25)27-10-18-4-19(11-27)13-28(33,12-18)15-27/h1-2,5,16-19,33H,3-4,6-15H2,(H,29,30)(H,31,32). The van der Waals surface area contributed by atoms with Gasteiger partial charge in [-0.2, -0.15) is 0 Å². The minimum absolute atomic E-state index is 0.0444. The van der Waals surface area contributed by atoms with Crippen molar-refractivity contribution >= 4 is 11.9 Å². The molecule has 5 heteroatoms. The van der Waals surface area contributed by atoms with Gasteiger partial charge in [-0.1, -0.05) is 6.07 Å². The van der Waals surface area contributed by atoms with E-state index in [-0.39, 0.29) is 27.4 Å². The van der Waals surface area contributed by atoms with Gasteiger partial charge in [0.15, 0.2) is 0 Å². The summed E-state index contributed by atoms with van der Waals surface area (Å²) in [5.74, 6) is 0.352. The molecule has 33 heavy (non-hydrogen) atoms. The van der Waals surface area contributed by atoms with E-state index in [1.54, 1.807) is 6.07 Å². The smallest absolute Gasteiger partial charge is 0.336 e. The first-order valence-electron chi connectivity index (χ1n) is 13.0. The maximum absolute atomic E-state index is 11.9. The third-order valence-electron chi connectivity index (χ3n) is 11.3. The molecular formula is C28H34O5. The predicted molar refractivity (Wildman–Crippen MR) is 121 cm³/mol. The van der Waals surface area contributed by atoms with Crippen molar-refractivity contribution in [1.82, 2.24) is 0 Å². The second-order valence-electron chi connectivity index (χ2n) is 13.4. The fourth-order valence-electron chi connectivity index (χ4n) is 11.3. The molecule has 4 atom stereocenters. The maximum Gasteiger partial charge on any atom is 0.336 e. The van der Waals surface area contributed by atoms with Crippen LogP contribution in [0.3, 0.4) is 0 Å². The third-order valence-corrected chi connectivity index (χ3v) is 11.3. The van der Waals surface area contributed by atoms with E-state index in [4.69, 9.17) is 0 Å². The molecule has 9 rings (SSSR count). The SMILES string of the molecule is O=C(O)c1ccc(C23CC4CC(C2)CC(C25CC6CC(CC(O)(C6)C2)C5)(C4)C3)cc1C(=O)O. The number of carboxylic acid groups (broad SMARTS) is 2. The van der Waals surface area contributed by atoms with E-state index in [0.717, 1.165) is 44.1 Å². The quantitative estimate of drug-likeness (QED) is 0.582. The fourth-order valence-corrected chi connectivity index (χ4v) is 11.3. The van der Waals surface area contributed by atoms with Crippen molar-refractivity contribution in [1.29, 1.82) is 0 Å². The van der Waals surface area contributed by atoms with Crippen LogP contribution < -0.4 is 0 Å². The van der Waals surface area contributed by atoms with Crippen LogP contribution in [0.2, 0.25) is 0 Å². The van der Waals surface area contributed by atoms with Crippen molar-refractivity contribution < 1.29 is 24.9 Å². The monoisotopic (exact) mass is 450 g/mol. The number of rotatable bonds is 4. The summed E-state index contributed by atoms with van der Waals surface area (Å²) in [6.07, 6.45) is 14.0. The lowest BCUT2D eigenvalue weighted by molar-refractivity contribution is -0.244. The number of hydrogen-bond acceptors (Lipinski definition) is 3. The molecule has 8 aliphatic rings. The zero-order chi connectivity index (χ0) is 22.8. The lowest BCUT2D eigenvalue weighted by Crippen LogP contribution is -2.66. The largest absolute Gasteiger partial charge is 0.478 e. The average molecular weight is 451 g/mol. The molecule has 8 saturated carbocycles. The molecule has 8 fully saturated rings. The van der Waals surface area contributed by atoms with E-state index >= 15 is 0 Å². The van der Waals surface area contributed by atoms with Crippen LogP contribution in [0.4, 0.5) is 0 Å². The van der Waals surface area contributed by atoms with Crippen molar-refractivity contribution in [3.05, 3.63) is 34.9 Å². The molecule has 0 saturated heterocycles. The Morgan fingerprint density at radius 1 is 0.697 bits per heavy atom. The van der Waals surface area contributed by atoms with Crippen LogP contribution in [-0.4, -0.2) is 32.9 Å². The summed E-state index contributed by atoms with van der Waals surface area (Å²) < 4.78 is 0. The normalized spacial score (nSPS) is 48.9. The molecule has 176 valence electrons. The summed E-state index contributed by atoms with van der Waals surface area (Å²) in [5, 5.41) is 30.8. The van der Waals surface area contributed by atoms with E-state index in [9.17, 15) is 24.9 Å². The Kier molecular flexibility index (Phi) is 3.86. The Morgan fingerprint density at radius 2 is 1.21 bits per heavy atom. The van der Waals surface area contributed by atoms with Gasteiger partial charge in [0.2, 0.25) is 0 Å². The average Bonchev–Trinajstić information content (AvgIpc) is 2.70. The van der Waals surface area contributed by atoms with Crippen LogP contribution in [0.1, 0.15) is 103 Å². The van der Waals surface area contributed by atoms with Crippen molar-refractivity contribution in [3.8, 4) is 0 Å². The van der Waals surface area contributed by atoms with Gasteiger partial charge >= 0.3 is 11.9 Å². The van der Waals surface area contributed by atoms with Crippen LogP contribution in [-0.2, 0) is 5.41 Å². The molecule has 8 bridgehead atoms. The van der Waals surface area contributed by atoms with Gasteiger partial charge in [0.05, 0.1) is 16.7 Å². The van der Waals surface area contributed by atoms with E-state index in [1.165, 1.54) is 44.6 Å². The molecule has 5 nitrogen and oxygen atoms in total. The van der Waals surface area contributed by atoms with Gasteiger partial charge in [-0.15, -0.1) is 0 Å². The van der Waals surface area contributed by atoms with Gasteiger partial charge in [0.1, 0.15) is 0 Å². The molecular weight excluding hydrogens is 416 g/mol. The highest BCUT2D eigenvalue weighted by atomic mass is 16.4. The molecule has 0 amide bonds. The van der Waals surface area contributed by atoms with Gasteiger partial charge < -0.3 is 15.3 Å². The molecule has 3 N–H and O–H groups in total. The lowest BCUT2D eigenvalue weighted by atomic mass is 9.32. The number of carbonyl (C=O) groups is 2. The van der Waals surface area contributed by atoms with Crippen LogP contribution in [0.5, 0.6) is 0 Å². The minimum atomic E-state index is -1.18. The number of aromatic carboxylic acids is 2. The van der Waals surface area contributed by atoms with Gasteiger partial charge in [0, 0.05) is 0 Å². The second kappa shape index (κ2) is 6.21. The van der Waals surface area contributed by atoms with Crippen molar-refractivity contribution in [2.45, 2.75) is 88.1 Å². The van der Waals surface area contributed by atoms with Crippen molar-refractivity contribution in [2.24, 2.45) is 34.5 Å². The van der Waals surface area contributed by atoms with Gasteiger partial charge in [0.25, 0.3) is 0 Å². The zero-order valence-electron chi connectivity index (χ0n) is 19.2. The van der Waals surface area contributed by atoms with Gasteiger partial charge in [-0.3, -0.25) is 0 Å². The first kappa shape index (κ1) is 20.5. The first-order chi connectivity index (χ1) is 15.6. The highest BCUT2D eigenvalue weighted by Gasteiger charge is 2.69. The van der Waals surface area contributed by atoms with Crippen molar-refractivity contribution in [2.75, 3.05) is 0 Å². The number of hydrogen-bond donors (Lipinski definition) is 3. The summed E-state index contributed by atoms with van der Waals surface area (Å²) in [5.41, 5.74) is 0.843. The summed E-state index contributed by atoms with van der Waals surface area (Å²) >= 11 is 0. The van der Waals surface area contributed by atoms with Gasteiger partial charge in [-0.05, 0) is 135 Å². The van der Waals surface area contributed by atoms with Crippen LogP contribution in [0.25, 0.3) is 0 Å². The zero-order valence-corrected chi connectivity index (χ0v) is 19.2. The highest BCUT2D eigenvalue weighted by Crippen LogP contribution is 2.77. The summed E-state index contributed by atoms with van der Waals surface area (Å²) in [6, 6.07) is 5.14. The third kappa shape index (κ3) is 2.69. The number of carboxylic acids is 2. The molecule has 1 aromatic rings. The Balaban J connectivity index is 1.33.